The first-order chi connectivity index (χ1) is 29.8. The van der Waals surface area contributed by atoms with Crippen molar-refractivity contribution >= 4 is 19.8 Å². The average Bonchev–Trinajstić information content (AvgIpc) is 3.25. The molecule has 0 aliphatic heterocycles. The van der Waals surface area contributed by atoms with Crippen LogP contribution < -0.4 is 5.73 Å². The number of carbonyl (C=O) groups is 2. The van der Waals surface area contributed by atoms with E-state index in [1.807, 2.05) is 0 Å². The first-order valence-corrected chi connectivity index (χ1v) is 26.3. The standard InChI is InChI=1S/C51H92NO8P/c1-3-5-7-9-11-13-15-17-19-20-21-22-23-24-25-26-27-28-30-32-34-36-38-40-42-44-51(54)60-49(48-59-61(55,56)58-46-45-52)47-57-50(53)43-41-39-37-35-33-31-29-18-16-14-12-10-8-6-4-2/h5,7,11,13,17-19,21-22,29,49H,3-4,6,8-10,12,14-16,20,23-28,30-48,52H2,1-2H3,(H,55,56)/b7-5-,13-11-,19-17-,22-21-,29-18-. The van der Waals surface area contributed by atoms with Gasteiger partial charge in [-0.3, -0.25) is 18.6 Å². The van der Waals surface area contributed by atoms with E-state index in [9.17, 15) is 19.0 Å². The summed E-state index contributed by atoms with van der Waals surface area (Å²) < 4.78 is 32.9. The second-order valence-electron chi connectivity index (χ2n) is 16.3. The number of allylic oxidation sites excluding steroid dienone is 10. The molecule has 2 unspecified atom stereocenters. The van der Waals surface area contributed by atoms with Gasteiger partial charge in [-0.2, -0.15) is 0 Å². The molecule has 0 rings (SSSR count). The molecule has 0 amide bonds. The number of hydrogen-bond donors (Lipinski definition) is 2. The fourth-order valence-electron chi connectivity index (χ4n) is 6.74. The largest absolute Gasteiger partial charge is 0.472 e. The Bertz CT molecular complexity index is 1180. The summed E-state index contributed by atoms with van der Waals surface area (Å²) in [6.07, 6.45) is 56.8. The number of nitrogens with two attached hydrogens (primary N) is 1. The molecule has 354 valence electrons. The fraction of sp³-hybridized carbons (Fsp3) is 0.765. The fourth-order valence-corrected chi connectivity index (χ4v) is 7.50. The van der Waals surface area contributed by atoms with Crippen molar-refractivity contribution in [1.29, 1.82) is 0 Å². The van der Waals surface area contributed by atoms with Gasteiger partial charge in [0.05, 0.1) is 13.2 Å². The second-order valence-corrected chi connectivity index (χ2v) is 17.8. The molecule has 0 aliphatic rings. The summed E-state index contributed by atoms with van der Waals surface area (Å²) >= 11 is 0. The third-order valence-corrected chi connectivity index (χ3v) is 11.4. The van der Waals surface area contributed by atoms with Crippen molar-refractivity contribution in [2.45, 2.75) is 225 Å². The molecule has 61 heavy (non-hydrogen) atoms. The molecule has 10 heteroatoms. The van der Waals surface area contributed by atoms with Crippen molar-refractivity contribution in [2.24, 2.45) is 5.73 Å². The van der Waals surface area contributed by atoms with Crippen LogP contribution in [-0.2, 0) is 32.7 Å². The number of hydrogen-bond acceptors (Lipinski definition) is 8. The zero-order valence-electron chi connectivity index (χ0n) is 39.1. The molecule has 0 saturated carbocycles. The van der Waals surface area contributed by atoms with Crippen LogP contribution in [0, 0.1) is 0 Å². The van der Waals surface area contributed by atoms with Gasteiger partial charge in [-0.05, 0) is 77.0 Å². The van der Waals surface area contributed by atoms with Crippen LogP contribution in [0.3, 0.4) is 0 Å². The van der Waals surface area contributed by atoms with Crippen molar-refractivity contribution in [3.63, 3.8) is 0 Å². The summed E-state index contributed by atoms with van der Waals surface area (Å²) in [6, 6.07) is 0. The predicted molar refractivity (Wildman–Crippen MR) is 256 cm³/mol. The highest BCUT2D eigenvalue weighted by Crippen LogP contribution is 2.43. The molecule has 0 aromatic heterocycles. The van der Waals surface area contributed by atoms with Crippen molar-refractivity contribution in [2.75, 3.05) is 26.4 Å². The van der Waals surface area contributed by atoms with Crippen LogP contribution in [0.15, 0.2) is 60.8 Å². The van der Waals surface area contributed by atoms with E-state index in [-0.39, 0.29) is 32.6 Å². The van der Waals surface area contributed by atoms with E-state index < -0.39 is 32.5 Å². The second kappa shape index (κ2) is 47.2. The maximum absolute atomic E-state index is 12.6. The summed E-state index contributed by atoms with van der Waals surface area (Å²) in [4.78, 5) is 35.0. The molecule has 9 nitrogen and oxygen atoms in total. The molecule has 0 aromatic carbocycles. The molecule has 0 fully saturated rings. The minimum atomic E-state index is -4.38. The molecule has 0 aromatic rings. The molecule has 0 radical (unpaired) electrons. The molecule has 2 atom stereocenters. The summed E-state index contributed by atoms with van der Waals surface area (Å²) in [6.45, 7) is 3.62. The topological polar surface area (TPSA) is 134 Å². The van der Waals surface area contributed by atoms with Crippen LogP contribution in [-0.4, -0.2) is 49.3 Å². The van der Waals surface area contributed by atoms with E-state index in [4.69, 9.17) is 24.3 Å². The van der Waals surface area contributed by atoms with Gasteiger partial charge in [0.1, 0.15) is 6.61 Å². The van der Waals surface area contributed by atoms with Crippen molar-refractivity contribution < 1.29 is 37.6 Å². The first-order valence-electron chi connectivity index (χ1n) is 24.8. The van der Waals surface area contributed by atoms with Crippen molar-refractivity contribution in [3.8, 4) is 0 Å². The summed E-state index contributed by atoms with van der Waals surface area (Å²) in [5.74, 6) is -0.838. The lowest BCUT2D eigenvalue weighted by Crippen LogP contribution is -2.29. The van der Waals surface area contributed by atoms with E-state index >= 15 is 0 Å². The van der Waals surface area contributed by atoms with Crippen LogP contribution in [0.2, 0.25) is 0 Å². The molecular formula is C51H92NO8P. The molecule has 0 heterocycles. The first kappa shape index (κ1) is 58.7. The minimum Gasteiger partial charge on any atom is -0.462 e. The van der Waals surface area contributed by atoms with Gasteiger partial charge in [-0.25, -0.2) is 4.57 Å². The molecule has 0 spiro atoms. The number of unbranched alkanes of at least 4 members (excludes halogenated alkanes) is 23. The van der Waals surface area contributed by atoms with Gasteiger partial charge < -0.3 is 20.1 Å². The maximum atomic E-state index is 12.6. The Morgan fingerprint density at radius 1 is 0.508 bits per heavy atom. The van der Waals surface area contributed by atoms with E-state index in [0.717, 1.165) is 83.5 Å². The Morgan fingerprint density at radius 3 is 1.36 bits per heavy atom. The highest BCUT2D eigenvalue weighted by Gasteiger charge is 2.26. The Balaban J connectivity index is 4.05. The van der Waals surface area contributed by atoms with Gasteiger partial charge in [0, 0.05) is 19.4 Å². The maximum Gasteiger partial charge on any atom is 0.472 e. The van der Waals surface area contributed by atoms with E-state index in [1.165, 1.54) is 103 Å². The number of ether oxygens (including phenoxy) is 2. The Labute approximate surface area is 374 Å². The lowest BCUT2D eigenvalue weighted by atomic mass is 10.0. The monoisotopic (exact) mass is 878 g/mol. The van der Waals surface area contributed by atoms with Gasteiger partial charge in [0.2, 0.25) is 0 Å². The van der Waals surface area contributed by atoms with Gasteiger partial charge in [-0.15, -0.1) is 0 Å². The zero-order valence-corrected chi connectivity index (χ0v) is 40.0. The Hall–Kier alpha value is -2.29. The molecule has 0 bridgehead atoms. The van der Waals surface area contributed by atoms with Crippen LogP contribution in [0.5, 0.6) is 0 Å². The third-order valence-electron chi connectivity index (χ3n) is 10.4. The van der Waals surface area contributed by atoms with Gasteiger partial charge in [-0.1, -0.05) is 190 Å². The third kappa shape index (κ3) is 47.0. The zero-order chi connectivity index (χ0) is 44.6. The lowest BCUT2D eigenvalue weighted by molar-refractivity contribution is -0.161. The SMILES string of the molecule is CC/C=C\C/C=C\C/C=C\C/C=C\CCCCCCCCCCCCCCC(=O)OC(COC(=O)CCCCCCC/C=C\CCCCCCCC)COP(=O)(O)OCCN. The summed E-state index contributed by atoms with van der Waals surface area (Å²) in [5.41, 5.74) is 5.36. The number of esters is 2. The van der Waals surface area contributed by atoms with Crippen molar-refractivity contribution in [1.82, 2.24) is 0 Å². The summed E-state index contributed by atoms with van der Waals surface area (Å²) in [5, 5.41) is 0. The highest BCUT2D eigenvalue weighted by atomic mass is 31.2. The van der Waals surface area contributed by atoms with E-state index in [2.05, 4.69) is 74.6 Å². The lowest BCUT2D eigenvalue weighted by Gasteiger charge is -2.19. The Morgan fingerprint density at radius 2 is 0.902 bits per heavy atom. The van der Waals surface area contributed by atoms with E-state index in [1.54, 1.807) is 0 Å². The van der Waals surface area contributed by atoms with Gasteiger partial charge in [0.15, 0.2) is 6.10 Å². The van der Waals surface area contributed by atoms with Crippen molar-refractivity contribution in [3.05, 3.63) is 60.8 Å². The minimum absolute atomic E-state index is 0.0505. The number of carbonyl (C=O) groups excluding carboxylic acids is 2. The Kier molecular flexibility index (Phi) is 45.4. The van der Waals surface area contributed by atoms with Crippen LogP contribution in [0.25, 0.3) is 0 Å². The van der Waals surface area contributed by atoms with Gasteiger partial charge in [0.25, 0.3) is 0 Å². The number of rotatable bonds is 46. The van der Waals surface area contributed by atoms with Crippen LogP contribution >= 0.6 is 7.82 Å². The molecule has 0 aliphatic carbocycles. The molecule has 3 N–H and O–H groups in total. The van der Waals surface area contributed by atoms with Gasteiger partial charge >= 0.3 is 19.8 Å². The number of phosphoric ester groups is 1. The molecular weight excluding hydrogens is 786 g/mol. The molecule has 0 saturated heterocycles. The highest BCUT2D eigenvalue weighted by molar-refractivity contribution is 7.47. The normalized spacial score (nSPS) is 13.7. The van der Waals surface area contributed by atoms with Crippen LogP contribution in [0.4, 0.5) is 0 Å². The predicted octanol–water partition coefficient (Wildman–Crippen LogP) is 14.8. The average molecular weight is 878 g/mol. The van der Waals surface area contributed by atoms with E-state index in [0.29, 0.717) is 6.42 Å². The smallest absolute Gasteiger partial charge is 0.462 e. The quantitative estimate of drug-likeness (QED) is 0.0265. The number of phosphoric acid groups is 1. The summed E-state index contributed by atoms with van der Waals surface area (Å²) in [7, 11) is -4.38. The van der Waals surface area contributed by atoms with Crippen LogP contribution in [0.1, 0.15) is 219 Å².